The number of nitrogens with one attached hydrogen (secondary N) is 1. The molecule has 2 rings (SSSR count). The monoisotopic (exact) mass is 284 g/mol. The van der Waals surface area contributed by atoms with Crippen molar-refractivity contribution in [3.8, 4) is 0 Å². The number of carbonyl (C=O) groups excluding carboxylic acids is 1. The second-order valence-electron chi connectivity index (χ2n) is 4.76. The summed E-state index contributed by atoms with van der Waals surface area (Å²) in [5, 5.41) is 15.2. The average molecular weight is 284 g/mol. The fraction of sp³-hybridized carbons (Fsp3) is 0.750. The first-order chi connectivity index (χ1) is 9.69. The minimum Gasteiger partial charge on any atom is -0.387 e. The molecule has 0 bridgehead atoms. The van der Waals surface area contributed by atoms with Crippen molar-refractivity contribution in [1.82, 2.24) is 20.4 Å². The lowest BCUT2D eigenvalue weighted by Crippen LogP contribution is -2.41. The molecule has 1 atom stereocenters. The number of likely N-dealkylation sites (N-methyl/N-ethyl adjacent to an activating group) is 1. The highest BCUT2D eigenvalue weighted by Gasteiger charge is 2.19. The zero-order chi connectivity index (χ0) is 14.4. The first-order valence-electron chi connectivity index (χ1n) is 6.72. The van der Waals surface area contributed by atoms with Gasteiger partial charge in [-0.25, -0.2) is 4.79 Å². The van der Waals surface area contributed by atoms with E-state index in [-0.39, 0.29) is 24.6 Å². The quantitative estimate of drug-likeness (QED) is 0.758. The van der Waals surface area contributed by atoms with E-state index in [1.807, 2.05) is 0 Å². The molecule has 2 N–H and O–H groups in total. The second-order valence-corrected chi connectivity index (χ2v) is 4.76. The Morgan fingerprint density at radius 2 is 2.45 bits per heavy atom. The van der Waals surface area contributed by atoms with Crippen LogP contribution in [0, 0.1) is 0 Å². The first kappa shape index (κ1) is 14.7. The molecule has 1 saturated heterocycles. The number of carbonyl (C=O) groups is 1. The zero-order valence-corrected chi connectivity index (χ0v) is 11.5. The van der Waals surface area contributed by atoms with Gasteiger partial charge in [0.05, 0.1) is 6.10 Å². The number of nitrogens with zero attached hydrogens (tertiary/aromatic N) is 3. The van der Waals surface area contributed by atoms with Gasteiger partial charge in [0, 0.05) is 33.2 Å². The summed E-state index contributed by atoms with van der Waals surface area (Å²) in [6.07, 6.45) is 2.67. The van der Waals surface area contributed by atoms with E-state index in [1.165, 1.54) is 0 Å². The molecule has 20 heavy (non-hydrogen) atoms. The van der Waals surface area contributed by atoms with Gasteiger partial charge in [0.1, 0.15) is 6.61 Å². The molecule has 8 heteroatoms. The predicted octanol–water partition coefficient (Wildman–Crippen LogP) is -0.0752. The number of aliphatic hydroxyl groups excluding tert-OH is 1. The Balaban J connectivity index is 1.66. The molecule has 0 aromatic carbocycles. The maximum absolute atomic E-state index is 11.8. The number of ether oxygens (including phenoxy) is 1. The Morgan fingerprint density at radius 1 is 1.60 bits per heavy atom. The van der Waals surface area contributed by atoms with Crippen molar-refractivity contribution in [2.75, 3.05) is 26.7 Å². The van der Waals surface area contributed by atoms with Crippen LogP contribution in [0.15, 0.2) is 4.52 Å². The standard InChI is InChI=1S/C12H20N4O4/c1-16(7-9-3-2-6-19-9)12(18)13-5-4-10-14-11(8-17)20-15-10/h9,17H,2-8H2,1H3,(H,13,18)/t9-/m0/s1. The number of urea groups is 1. The summed E-state index contributed by atoms with van der Waals surface area (Å²) in [6, 6.07) is -0.147. The molecule has 0 spiro atoms. The van der Waals surface area contributed by atoms with Crippen LogP contribution in [-0.4, -0.2) is 59.0 Å². The van der Waals surface area contributed by atoms with E-state index >= 15 is 0 Å². The number of hydrogen-bond donors (Lipinski definition) is 2. The lowest BCUT2D eigenvalue weighted by molar-refractivity contribution is 0.0875. The molecule has 2 amide bonds. The van der Waals surface area contributed by atoms with Crippen molar-refractivity contribution in [2.24, 2.45) is 0 Å². The van der Waals surface area contributed by atoms with Gasteiger partial charge in [0.25, 0.3) is 5.89 Å². The number of aliphatic hydroxyl groups is 1. The van der Waals surface area contributed by atoms with Crippen LogP contribution in [0.2, 0.25) is 0 Å². The topological polar surface area (TPSA) is 101 Å². The molecule has 0 aliphatic carbocycles. The number of amides is 2. The molecular weight excluding hydrogens is 264 g/mol. The van der Waals surface area contributed by atoms with E-state index < -0.39 is 0 Å². The Labute approximate surface area is 117 Å². The maximum atomic E-state index is 11.8. The minimum absolute atomic E-state index is 0.147. The summed E-state index contributed by atoms with van der Waals surface area (Å²) in [6.45, 7) is 1.52. The highest BCUT2D eigenvalue weighted by molar-refractivity contribution is 5.73. The van der Waals surface area contributed by atoms with Crippen LogP contribution in [0.5, 0.6) is 0 Å². The van der Waals surface area contributed by atoms with Crippen molar-refractivity contribution in [2.45, 2.75) is 32.0 Å². The fourth-order valence-corrected chi connectivity index (χ4v) is 2.05. The van der Waals surface area contributed by atoms with Crippen molar-refractivity contribution in [3.05, 3.63) is 11.7 Å². The number of aromatic nitrogens is 2. The van der Waals surface area contributed by atoms with Gasteiger partial charge >= 0.3 is 6.03 Å². The van der Waals surface area contributed by atoms with Gasteiger partial charge in [-0.3, -0.25) is 0 Å². The van der Waals surface area contributed by atoms with E-state index in [0.717, 1.165) is 19.4 Å². The summed E-state index contributed by atoms with van der Waals surface area (Å²) < 4.78 is 10.2. The third-order valence-corrected chi connectivity index (χ3v) is 3.12. The smallest absolute Gasteiger partial charge is 0.317 e. The van der Waals surface area contributed by atoms with Crippen molar-refractivity contribution < 1.29 is 19.2 Å². The van der Waals surface area contributed by atoms with Crippen molar-refractivity contribution >= 4 is 6.03 Å². The Kier molecular flexibility index (Phi) is 5.31. The van der Waals surface area contributed by atoms with E-state index in [9.17, 15) is 4.79 Å². The van der Waals surface area contributed by atoms with Gasteiger partial charge in [-0.1, -0.05) is 5.16 Å². The molecule has 1 aliphatic heterocycles. The maximum Gasteiger partial charge on any atom is 0.317 e. The van der Waals surface area contributed by atoms with Crippen molar-refractivity contribution in [1.29, 1.82) is 0 Å². The van der Waals surface area contributed by atoms with Gasteiger partial charge in [-0.15, -0.1) is 0 Å². The molecule has 2 heterocycles. The summed E-state index contributed by atoms with van der Waals surface area (Å²) in [5.41, 5.74) is 0. The molecule has 1 aliphatic rings. The van der Waals surface area contributed by atoms with Gasteiger partial charge < -0.3 is 24.6 Å². The third kappa shape index (κ3) is 4.17. The van der Waals surface area contributed by atoms with Crippen molar-refractivity contribution in [3.63, 3.8) is 0 Å². The number of rotatable bonds is 6. The SMILES string of the molecule is CN(C[C@@H]1CCCO1)C(=O)NCCc1noc(CO)n1. The highest BCUT2D eigenvalue weighted by atomic mass is 16.5. The lowest BCUT2D eigenvalue weighted by atomic mass is 10.2. The number of hydrogen-bond acceptors (Lipinski definition) is 6. The summed E-state index contributed by atoms with van der Waals surface area (Å²) >= 11 is 0. The van der Waals surface area contributed by atoms with Crippen LogP contribution >= 0.6 is 0 Å². The minimum atomic E-state index is -0.274. The van der Waals surface area contributed by atoms with E-state index in [0.29, 0.717) is 25.3 Å². The van der Waals surface area contributed by atoms with Gasteiger partial charge in [-0.05, 0) is 12.8 Å². The van der Waals surface area contributed by atoms with Crippen LogP contribution < -0.4 is 5.32 Å². The lowest BCUT2D eigenvalue weighted by Gasteiger charge is -2.21. The van der Waals surface area contributed by atoms with Gasteiger partial charge in [-0.2, -0.15) is 4.98 Å². The van der Waals surface area contributed by atoms with E-state index in [2.05, 4.69) is 15.5 Å². The molecule has 112 valence electrons. The summed E-state index contributed by atoms with van der Waals surface area (Å²) in [4.78, 5) is 17.4. The zero-order valence-electron chi connectivity index (χ0n) is 11.5. The average Bonchev–Trinajstić information content (AvgIpc) is 3.09. The molecule has 1 fully saturated rings. The third-order valence-electron chi connectivity index (χ3n) is 3.12. The van der Waals surface area contributed by atoms with Crippen LogP contribution in [0.4, 0.5) is 4.79 Å². The van der Waals surface area contributed by atoms with E-state index in [1.54, 1.807) is 11.9 Å². The van der Waals surface area contributed by atoms with Crippen LogP contribution in [0.3, 0.4) is 0 Å². The molecule has 0 radical (unpaired) electrons. The van der Waals surface area contributed by atoms with Crippen LogP contribution in [-0.2, 0) is 17.8 Å². The van der Waals surface area contributed by atoms with Gasteiger partial charge in [0.15, 0.2) is 5.82 Å². The predicted molar refractivity (Wildman–Crippen MR) is 68.9 cm³/mol. The first-order valence-corrected chi connectivity index (χ1v) is 6.72. The summed E-state index contributed by atoms with van der Waals surface area (Å²) in [7, 11) is 1.75. The van der Waals surface area contributed by atoms with Crippen LogP contribution in [0.25, 0.3) is 0 Å². The molecule has 1 aromatic rings. The second kappa shape index (κ2) is 7.20. The molecular formula is C12H20N4O4. The normalized spacial score (nSPS) is 18.2. The highest BCUT2D eigenvalue weighted by Crippen LogP contribution is 2.12. The largest absolute Gasteiger partial charge is 0.387 e. The Hall–Kier alpha value is -1.67. The van der Waals surface area contributed by atoms with E-state index in [4.69, 9.17) is 14.4 Å². The fourth-order valence-electron chi connectivity index (χ4n) is 2.05. The Morgan fingerprint density at radius 3 is 3.10 bits per heavy atom. The summed E-state index contributed by atoms with van der Waals surface area (Å²) in [5.74, 6) is 0.651. The molecule has 8 nitrogen and oxygen atoms in total. The Bertz CT molecular complexity index is 431. The van der Waals surface area contributed by atoms with Crippen LogP contribution in [0.1, 0.15) is 24.6 Å². The molecule has 0 unspecified atom stereocenters. The molecule has 1 aromatic heterocycles. The molecule has 0 saturated carbocycles. The van der Waals surface area contributed by atoms with Gasteiger partial charge in [0.2, 0.25) is 0 Å².